The minimum absolute atomic E-state index is 0.200. The molecule has 4 nitrogen and oxygen atoms in total. The van der Waals surface area contributed by atoms with Crippen LogP contribution in [0.1, 0.15) is 26.7 Å². The average molecular weight is 191 g/mol. The van der Waals surface area contributed by atoms with Crippen molar-refractivity contribution in [1.82, 2.24) is 0 Å². The van der Waals surface area contributed by atoms with Crippen molar-refractivity contribution in [3.8, 4) is 6.07 Å². The summed E-state index contributed by atoms with van der Waals surface area (Å²) in [6.45, 7) is 3.30. The van der Waals surface area contributed by atoms with Gasteiger partial charge in [0, 0.05) is 5.92 Å². The monoisotopic (exact) mass is 191 g/mol. The second-order valence-corrected chi connectivity index (χ2v) is 4.51. The van der Waals surface area contributed by atoms with Crippen molar-refractivity contribution in [1.29, 1.82) is 5.26 Å². The molecule has 0 rings (SSSR count). The van der Waals surface area contributed by atoms with E-state index in [4.69, 9.17) is 9.81 Å². The fourth-order valence-electron chi connectivity index (χ4n) is 0.946. The number of hydrogen-bond donors (Lipinski definition) is 1. The molecule has 0 saturated carbocycles. The van der Waals surface area contributed by atoms with Crippen LogP contribution in [0.3, 0.4) is 0 Å². The van der Waals surface area contributed by atoms with E-state index < -0.39 is 15.4 Å². The highest BCUT2D eigenvalue weighted by molar-refractivity contribution is 7.86. The van der Waals surface area contributed by atoms with E-state index in [0.717, 1.165) is 0 Å². The van der Waals surface area contributed by atoms with Crippen LogP contribution in [0.2, 0.25) is 0 Å². The van der Waals surface area contributed by atoms with Gasteiger partial charge < -0.3 is 0 Å². The smallest absolute Gasteiger partial charge is 0.267 e. The predicted molar refractivity (Wildman–Crippen MR) is 45.0 cm³/mol. The van der Waals surface area contributed by atoms with Crippen molar-refractivity contribution < 1.29 is 13.0 Å². The van der Waals surface area contributed by atoms with Crippen molar-refractivity contribution in [3.05, 3.63) is 0 Å². The summed E-state index contributed by atoms with van der Waals surface area (Å²) in [6, 6.07) is 1.93. The molecule has 1 N–H and O–H groups in total. The highest BCUT2D eigenvalue weighted by atomic mass is 32.2. The Balaban J connectivity index is 4.32. The van der Waals surface area contributed by atoms with Crippen molar-refractivity contribution in [2.24, 2.45) is 5.92 Å². The molecule has 0 aromatic rings. The molecule has 0 aliphatic rings. The Labute approximate surface area is 73.0 Å². The molecule has 2 unspecified atom stereocenters. The highest BCUT2D eigenvalue weighted by Gasteiger charge is 2.22. The zero-order chi connectivity index (χ0) is 9.78. The normalized spacial score (nSPS) is 16.5. The van der Waals surface area contributed by atoms with Gasteiger partial charge in [0.05, 0.1) is 11.3 Å². The lowest BCUT2D eigenvalue weighted by Crippen LogP contribution is -2.21. The molecule has 0 aromatic carbocycles. The van der Waals surface area contributed by atoms with E-state index >= 15 is 0 Å². The molecule has 0 amide bonds. The Bertz CT molecular complexity index is 265. The predicted octanol–water partition coefficient (Wildman–Crippen LogP) is 1.20. The maximum absolute atomic E-state index is 10.7. The van der Waals surface area contributed by atoms with Gasteiger partial charge in [-0.05, 0) is 19.8 Å². The summed E-state index contributed by atoms with van der Waals surface area (Å²) in [6.07, 6.45) is 0.538. The van der Waals surface area contributed by atoms with Crippen LogP contribution in [-0.4, -0.2) is 18.2 Å². The average Bonchev–Trinajstić information content (AvgIpc) is 1.97. The lowest BCUT2D eigenvalue weighted by molar-refractivity contribution is 0.450. The van der Waals surface area contributed by atoms with Gasteiger partial charge in [0.25, 0.3) is 10.1 Å². The first kappa shape index (κ1) is 11.4. The van der Waals surface area contributed by atoms with Crippen LogP contribution in [0.15, 0.2) is 0 Å². The lowest BCUT2D eigenvalue weighted by atomic mass is 10.1. The maximum Gasteiger partial charge on any atom is 0.267 e. The third kappa shape index (κ3) is 3.69. The Morgan fingerprint density at radius 2 is 2.08 bits per heavy atom. The molecule has 0 heterocycles. The van der Waals surface area contributed by atoms with Crippen LogP contribution in [0.5, 0.6) is 0 Å². The number of nitriles is 1. The van der Waals surface area contributed by atoms with E-state index in [1.54, 1.807) is 13.8 Å². The second kappa shape index (κ2) is 4.43. The minimum Gasteiger partial charge on any atom is -0.285 e. The Hall–Kier alpha value is -0.600. The van der Waals surface area contributed by atoms with Crippen LogP contribution in [-0.2, 0) is 10.1 Å². The van der Waals surface area contributed by atoms with Gasteiger partial charge in [0.15, 0.2) is 0 Å². The van der Waals surface area contributed by atoms with E-state index in [2.05, 4.69) is 0 Å². The molecule has 0 aliphatic heterocycles. The van der Waals surface area contributed by atoms with Gasteiger partial charge in [0.2, 0.25) is 0 Å². The molecule has 0 fully saturated rings. The first-order valence-corrected chi connectivity index (χ1v) is 5.28. The molecule has 0 bridgehead atoms. The molecule has 0 saturated heterocycles. The van der Waals surface area contributed by atoms with Gasteiger partial charge in [-0.2, -0.15) is 13.7 Å². The Morgan fingerprint density at radius 3 is 2.33 bits per heavy atom. The number of rotatable bonds is 4. The third-order valence-corrected chi connectivity index (χ3v) is 3.08. The van der Waals surface area contributed by atoms with Crippen molar-refractivity contribution in [2.45, 2.75) is 31.9 Å². The first-order chi connectivity index (χ1) is 5.41. The summed E-state index contributed by atoms with van der Waals surface area (Å²) in [4.78, 5) is 0. The molecule has 2 atom stereocenters. The number of nitrogens with zero attached hydrogens (tertiary/aromatic N) is 1. The molecular formula is C7H13NO3S. The molecule has 0 aromatic heterocycles. The van der Waals surface area contributed by atoms with Crippen LogP contribution < -0.4 is 0 Å². The van der Waals surface area contributed by atoms with E-state index in [0.29, 0.717) is 6.42 Å². The van der Waals surface area contributed by atoms with E-state index in [1.165, 1.54) is 0 Å². The molecule has 5 heteroatoms. The van der Waals surface area contributed by atoms with Crippen molar-refractivity contribution in [2.75, 3.05) is 0 Å². The standard InChI is InChI=1S/C7H13NO3S/c1-3-7(12(9,10)11)4-6(2)5-8/h6-7H,3-4H2,1-2H3,(H,9,10,11). The van der Waals surface area contributed by atoms with Gasteiger partial charge in [-0.25, -0.2) is 0 Å². The maximum atomic E-state index is 10.7. The van der Waals surface area contributed by atoms with E-state index in [-0.39, 0.29) is 12.3 Å². The van der Waals surface area contributed by atoms with E-state index in [9.17, 15) is 8.42 Å². The van der Waals surface area contributed by atoms with Crippen LogP contribution >= 0.6 is 0 Å². The quantitative estimate of drug-likeness (QED) is 0.677. The fourth-order valence-corrected chi connectivity index (χ4v) is 1.90. The summed E-state index contributed by atoms with van der Waals surface area (Å²) in [5.41, 5.74) is 0. The summed E-state index contributed by atoms with van der Waals surface area (Å²) >= 11 is 0. The van der Waals surface area contributed by atoms with Crippen LogP contribution in [0.4, 0.5) is 0 Å². The molecule has 70 valence electrons. The first-order valence-electron chi connectivity index (χ1n) is 3.77. The van der Waals surface area contributed by atoms with Crippen molar-refractivity contribution >= 4 is 10.1 Å². The Kier molecular flexibility index (Phi) is 4.21. The Morgan fingerprint density at radius 1 is 1.58 bits per heavy atom. The van der Waals surface area contributed by atoms with E-state index in [1.807, 2.05) is 6.07 Å². The summed E-state index contributed by atoms with van der Waals surface area (Å²) in [5, 5.41) is 7.62. The topological polar surface area (TPSA) is 78.2 Å². The van der Waals surface area contributed by atoms with Gasteiger partial charge in [0.1, 0.15) is 0 Å². The SMILES string of the molecule is CCC(CC(C)C#N)S(=O)(=O)O. The minimum atomic E-state index is -3.97. The van der Waals surface area contributed by atoms with Crippen molar-refractivity contribution in [3.63, 3.8) is 0 Å². The molecule has 0 radical (unpaired) electrons. The second-order valence-electron chi connectivity index (χ2n) is 2.81. The largest absolute Gasteiger partial charge is 0.285 e. The van der Waals surface area contributed by atoms with Crippen LogP contribution in [0.25, 0.3) is 0 Å². The third-order valence-electron chi connectivity index (χ3n) is 1.71. The van der Waals surface area contributed by atoms with Gasteiger partial charge in [-0.3, -0.25) is 4.55 Å². The summed E-state index contributed by atoms with van der Waals surface area (Å²) in [7, 11) is -3.97. The number of hydrogen-bond acceptors (Lipinski definition) is 3. The van der Waals surface area contributed by atoms with Crippen LogP contribution in [0, 0.1) is 17.2 Å². The van der Waals surface area contributed by atoms with Gasteiger partial charge in [-0.1, -0.05) is 6.92 Å². The molecular weight excluding hydrogens is 178 g/mol. The fraction of sp³-hybridized carbons (Fsp3) is 0.857. The van der Waals surface area contributed by atoms with Gasteiger partial charge in [-0.15, -0.1) is 0 Å². The highest BCUT2D eigenvalue weighted by Crippen LogP contribution is 2.14. The molecule has 0 aliphatic carbocycles. The van der Waals surface area contributed by atoms with Gasteiger partial charge >= 0.3 is 0 Å². The summed E-state index contributed by atoms with van der Waals surface area (Å²) in [5.74, 6) is -0.336. The zero-order valence-corrected chi connectivity index (χ0v) is 8.00. The molecule has 12 heavy (non-hydrogen) atoms. The summed E-state index contributed by atoms with van der Waals surface area (Å²) < 4.78 is 30.0. The zero-order valence-electron chi connectivity index (χ0n) is 7.19. The molecule has 0 spiro atoms. The lowest BCUT2D eigenvalue weighted by Gasteiger charge is -2.11.